The minimum Gasteiger partial charge on any atom is -0.369 e. The second-order valence-corrected chi connectivity index (χ2v) is 12.2. The molecule has 194 valence electrons. The highest BCUT2D eigenvalue weighted by Gasteiger charge is 2.24. The van der Waals surface area contributed by atoms with Crippen LogP contribution in [0.4, 0.5) is 11.4 Å². The topological polar surface area (TPSA) is 101 Å². The number of hydrogen-bond donors (Lipinski definition) is 2. The first-order valence-corrected chi connectivity index (χ1v) is 14.6. The molecule has 2 N–H and O–H groups in total. The number of fused-ring (bicyclic) bond motifs is 1. The van der Waals surface area contributed by atoms with Crippen LogP contribution in [0.5, 0.6) is 0 Å². The van der Waals surface area contributed by atoms with Gasteiger partial charge >= 0.3 is 0 Å². The number of benzene rings is 3. The first kappa shape index (κ1) is 24.2. The number of aromatic nitrogens is 1. The van der Waals surface area contributed by atoms with E-state index in [4.69, 9.17) is 0 Å². The van der Waals surface area contributed by atoms with Crippen molar-refractivity contribution >= 4 is 43.9 Å². The number of anilines is 2. The Hall–Kier alpha value is -4.11. The average molecular weight is 529 g/mol. The summed E-state index contributed by atoms with van der Waals surface area (Å²) in [6.07, 6.45) is 4.09. The Morgan fingerprint density at radius 3 is 2.05 bits per heavy atom. The molecule has 2 amide bonds. The Labute approximate surface area is 221 Å². The molecule has 4 aromatic rings. The van der Waals surface area contributed by atoms with Crippen molar-refractivity contribution in [2.24, 2.45) is 0 Å². The first-order valence-electron chi connectivity index (χ1n) is 12.7. The molecule has 0 bridgehead atoms. The molecule has 1 aliphatic heterocycles. The summed E-state index contributed by atoms with van der Waals surface area (Å²) in [5, 5.41) is 6.95. The van der Waals surface area contributed by atoms with Gasteiger partial charge in [0.2, 0.25) is 0 Å². The zero-order valence-corrected chi connectivity index (χ0v) is 21.6. The maximum absolute atomic E-state index is 12.9. The molecule has 1 saturated carbocycles. The minimum absolute atomic E-state index is 0.0339. The van der Waals surface area contributed by atoms with Crippen molar-refractivity contribution in [2.45, 2.75) is 18.9 Å². The van der Waals surface area contributed by atoms with Crippen molar-refractivity contribution in [3.63, 3.8) is 0 Å². The fourth-order valence-electron chi connectivity index (χ4n) is 4.71. The molecular weight excluding hydrogens is 500 g/mol. The summed E-state index contributed by atoms with van der Waals surface area (Å²) in [5.74, 6) is 0.0647. The number of hydrogen-bond acceptors (Lipinski definition) is 5. The van der Waals surface area contributed by atoms with Gasteiger partial charge in [0.25, 0.3) is 11.8 Å². The molecule has 38 heavy (non-hydrogen) atoms. The molecule has 2 heterocycles. The highest BCUT2D eigenvalue weighted by Crippen LogP contribution is 2.25. The lowest BCUT2D eigenvalue weighted by Crippen LogP contribution is -2.40. The van der Waals surface area contributed by atoms with Gasteiger partial charge in [0.1, 0.15) is 0 Å². The van der Waals surface area contributed by atoms with Gasteiger partial charge in [-0.1, -0.05) is 0 Å². The lowest BCUT2D eigenvalue weighted by molar-refractivity contribution is 0.0950. The summed E-state index contributed by atoms with van der Waals surface area (Å²) in [6, 6.07) is 22.9. The maximum Gasteiger partial charge on any atom is 0.255 e. The summed E-state index contributed by atoms with van der Waals surface area (Å²) in [4.78, 5) is 27.2. The molecule has 8 nitrogen and oxygen atoms in total. The van der Waals surface area contributed by atoms with Crippen molar-refractivity contribution in [1.82, 2.24) is 9.88 Å². The van der Waals surface area contributed by atoms with Crippen molar-refractivity contribution in [2.75, 3.05) is 34.8 Å². The van der Waals surface area contributed by atoms with E-state index in [0.29, 0.717) is 35.9 Å². The molecule has 0 radical (unpaired) electrons. The Kier molecular flexibility index (Phi) is 6.15. The van der Waals surface area contributed by atoms with Gasteiger partial charge in [-0.05, 0) is 85.6 Å². The van der Waals surface area contributed by atoms with E-state index >= 15 is 0 Å². The summed E-state index contributed by atoms with van der Waals surface area (Å²) in [7, 11) is -2.94. The summed E-state index contributed by atoms with van der Waals surface area (Å²) < 4.78 is 25.4. The second-order valence-electron chi connectivity index (χ2n) is 9.89. The summed E-state index contributed by atoms with van der Waals surface area (Å²) >= 11 is 0. The molecule has 9 heteroatoms. The third-order valence-electron chi connectivity index (χ3n) is 7.11. The molecule has 0 atom stereocenters. The highest BCUT2D eigenvalue weighted by atomic mass is 32.2. The maximum atomic E-state index is 12.9. The second kappa shape index (κ2) is 9.64. The minimum atomic E-state index is -2.94. The summed E-state index contributed by atoms with van der Waals surface area (Å²) in [6.45, 7) is 0.931. The lowest BCUT2D eigenvalue weighted by atomic mass is 10.1. The van der Waals surface area contributed by atoms with E-state index in [1.807, 2.05) is 76.3 Å². The van der Waals surface area contributed by atoms with Crippen LogP contribution in [-0.4, -0.2) is 55.4 Å². The van der Waals surface area contributed by atoms with Gasteiger partial charge in [0.05, 0.1) is 17.0 Å². The Morgan fingerprint density at radius 2 is 1.39 bits per heavy atom. The molecule has 1 aliphatic carbocycles. The van der Waals surface area contributed by atoms with Crippen LogP contribution in [0.25, 0.3) is 16.6 Å². The van der Waals surface area contributed by atoms with Crippen LogP contribution >= 0.6 is 0 Å². The predicted molar refractivity (Wildman–Crippen MR) is 149 cm³/mol. The third-order valence-corrected chi connectivity index (χ3v) is 8.72. The molecular formula is C29H28N4O4S. The Morgan fingerprint density at radius 1 is 0.763 bits per heavy atom. The number of nitrogens with one attached hydrogen (secondary N) is 2. The van der Waals surface area contributed by atoms with Gasteiger partial charge < -0.3 is 20.1 Å². The van der Waals surface area contributed by atoms with E-state index in [2.05, 4.69) is 10.6 Å². The Balaban J connectivity index is 1.12. The quantitative estimate of drug-likeness (QED) is 0.394. The number of carbonyl (C=O) groups excluding carboxylic acids is 2. The average Bonchev–Trinajstić information content (AvgIpc) is 3.64. The van der Waals surface area contributed by atoms with Crippen molar-refractivity contribution in [3.8, 4) is 5.69 Å². The third kappa shape index (κ3) is 5.15. The lowest BCUT2D eigenvalue weighted by Gasteiger charge is -2.28. The van der Waals surface area contributed by atoms with Gasteiger partial charge in [-0.15, -0.1) is 0 Å². The van der Waals surface area contributed by atoms with E-state index in [-0.39, 0.29) is 23.3 Å². The van der Waals surface area contributed by atoms with E-state index in [1.54, 1.807) is 12.1 Å². The van der Waals surface area contributed by atoms with Crippen LogP contribution in [-0.2, 0) is 9.84 Å². The van der Waals surface area contributed by atoms with E-state index in [9.17, 15) is 18.0 Å². The van der Waals surface area contributed by atoms with Gasteiger partial charge in [-0.2, -0.15) is 0 Å². The SMILES string of the molecule is O=C(Nc1ccc2c(ccn2-c2ccc(C(=O)NC3CC3)cc2)c1)c1ccc(N2CCS(=O)(=O)CC2)cc1. The molecule has 6 rings (SSSR count). The van der Waals surface area contributed by atoms with E-state index in [1.165, 1.54) is 0 Å². The molecule has 0 spiro atoms. The van der Waals surface area contributed by atoms with Crippen molar-refractivity contribution in [1.29, 1.82) is 0 Å². The zero-order valence-electron chi connectivity index (χ0n) is 20.8. The van der Waals surface area contributed by atoms with Gasteiger partial charge in [-0.25, -0.2) is 8.42 Å². The highest BCUT2D eigenvalue weighted by molar-refractivity contribution is 7.91. The van der Waals surface area contributed by atoms with Gasteiger partial charge in [0, 0.05) is 58.9 Å². The van der Waals surface area contributed by atoms with Gasteiger partial charge in [0.15, 0.2) is 9.84 Å². The van der Waals surface area contributed by atoms with Crippen LogP contribution in [0.3, 0.4) is 0 Å². The largest absolute Gasteiger partial charge is 0.369 e. The molecule has 2 aliphatic rings. The van der Waals surface area contributed by atoms with Crippen LogP contribution in [0.15, 0.2) is 79.0 Å². The fourth-order valence-corrected chi connectivity index (χ4v) is 5.91. The molecule has 2 fully saturated rings. The van der Waals surface area contributed by atoms with E-state index < -0.39 is 9.84 Å². The number of amides is 2. The fraction of sp³-hybridized carbons (Fsp3) is 0.241. The monoisotopic (exact) mass is 528 g/mol. The smallest absolute Gasteiger partial charge is 0.255 e. The van der Waals surface area contributed by atoms with Gasteiger partial charge in [-0.3, -0.25) is 9.59 Å². The van der Waals surface area contributed by atoms with E-state index in [0.717, 1.165) is 35.1 Å². The van der Waals surface area contributed by atoms with Crippen molar-refractivity contribution in [3.05, 3.63) is 90.1 Å². The normalized spacial score (nSPS) is 16.8. The van der Waals surface area contributed by atoms with Crippen LogP contribution in [0.1, 0.15) is 33.6 Å². The molecule has 3 aromatic carbocycles. The number of nitrogens with zero attached hydrogens (tertiary/aromatic N) is 2. The van der Waals surface area contributed by atoms with Crippen LogP contribution in [0, 0.1) is 0 Å². The summed E-state index contributed by atoms with van der Waals surface area (Å²) in [5.41, 5.74) is 4.73. The zero-order chi connectivity index (χ0) is 26.3. The van der Waals surface area contributed by atoms with Crippen LogP contribution in [0.2, 0.25) is 0 Å². The molecule has 1 saturated heterocycles. The number of sulfone groups is 1. The molecule has 0 unspecified atom stereocenters. The number of carbonyl (C=O) groups is 2. The predicted octanol–water partition coefficient (Wildman–Crippen LogP) is 4.01. The number of rotatable bonds is 6. The molecule has 1 aromatic heterocycles. The Bertz CT molecular complexity index is 1610. The first-order chi connectivity index (χ1) is 18.3. The van der Waals surface area contributed by atoms with Crippen LogP contribution < -0.4 is 15.5 Å². The van der Waals surface area contributed by atoms with Crippen molar-refractivity contribution < 1.29 is 18.0 Å². The standard InChI is InChI=1S/C29H28N4O4S/c34-28(30-23-5-6-23)21-3-10-26(11-4-21)33-14-13-22-19-24(7-12-27(22)33)31-29(35)20-1-8-25(9-2-20)32-15-17-38(36,37)18-16-32/h1-4,7-14,19,23H,5-6,15-18H2,(H,30,34)(H,31,35).